The second-order valence-corrected chi connectivity index (χ2v) is 8.90. The standard InChI is InChI=1S/C27H26N5O/c33-32-15-14-29-18-26(32)25(16-19-10-12-28-13-11-19)31-27(32)22-7-6-21-8-9-23(30-24(21)17-22)20-4-2-1-3-5-20/h1-9,14-15,17-19,28,33H,10-13,16H2/q+1. The normalized spacial score (nSPS) is 22.6. The average Bonchev–Trinajstić information content (AvgIpc) is 3.16. The summed E-state index contributed by atoms with van der Waals surface area (Å²) in [7, 11) is 0. The highest BCUT2D eigenvalue weighted by Gasteiger charge is 2.46. The van der Waals surface area contributed by atoms with Gasteiger partial charge in [0, 0.05) is 10.9 Å². The fourth-order valence-corrected chi connectivity index (χ4v) is 4.93. The van der Waals surface area contributed by atoms with Crippen LogP contribution in [0.4, 0.5) is 0 Å². The number of benzene rings is 2. The summed E-state index contributed by atoms with van der Waals surface area (Å²) in [5, 5.41) is 16.1. The third-order valence-electron chi connectivity index (χ3n) is 6.75. The third-order valence-corrected chi connectivity index (χ3v) is 6.75. The number of quaternary nitrogens is 1. The first-order valence-corrected chi connectivity index (χ1v) is 11.5. The highest BCUT2D eigenvalue weighted by Crippen LogP contribution is 2.37. The number of allylic oxidation sites excluding steroid dienone is 2. The fraction of sp³-hybridized carbons (Fsp3) is 0.222. The predicted molar refractivity (Wildman–Crippen MR) is 131 cm³/mol. The number of hydroxylamine groups is 3. The lowest BCUT2D eigenvalue weighted by Gasteiger charge is -2.24. The molecular formula is C27H26N5O+. The molecule has 6 nitrogen and oxygen atoms in total. The molecule has 3 aliphatic rings. The molecule has 0 radical (unpaired) electrons. The van der Waals surface area contributed by atoms with Gasteiger partial charge in [0.2, 0.25) is 5.70 Å². The zero-order valence-corrected chi connectivity index (χ0v) is 18.4. The Bertz CT molecular complexity index is 1340. The Morgan fingerprint density at radius 3 is 2.64 bits per heavy atom. The molecule has 0 aliphatic carbocycles. The summed E-state index contributed by atoms with van der Waals surface area (Å²) < 4.78 is -0.437. The molecular weight excluding hydrogens is 410 g/mol. The summed E-state index contributed by atoms with van der Waals surface area (Å²) in [5.74, 6) is 1.17. The minimum absolute atomic E-state index is 0.437. The lowest BCUT2D eigenvalue weighted by molar-refractivity contribution is -0.950. The van der Waals surface area contributed by atoms with Crippen molar-refractivity contribution in [3.63, 3.8) is 0 Å². The van der Waals surface area contributed by atoms with Crippen LogP contribution in [0, 0.1) is 5.92 Å². The van der Waals surface area contributed by atoms with Crippen molar-refractivity contribution in [3.05, 3.63) is 90.0 Å². The van der Waals surface area contributed by atoms with Crippen molar-refractivity contribution < 1.29 is 9.85 Å². The first-order valence-electron chi connectivity index (χ1n) is 11.5. The summed E-state index contributed by atoms with van der Waals surface area (Å²) in [6, 6.07) is 20.4. The summed E-state index contributed by atoms with van der Waals surface area (Å²) >= 11 is 0. The van der Waals surface area contributed by atoms with E-state index in [4.69, 9.17) is 9.98 Å². The van der Waals surface area contributed by atoms with E-state index in [9.17, 15) is 5.21 Å². The molecule has 0 amide bonds. The maximum Gasteiger partial charge on any atom is 0.278 e. The monoisotopic (exact) mass is 436 g/mol. The first-order chi connectivity index (χ1) is 16.2. The van der Waals surface area contributed by atoms with Crippen molar-refractivity contribution in [2.75, 3.05) is 13.1 Å². The van der Waals surface area contributed by atoms with E-state index >= 15 is 0 Å². The van der Waals surface area contributed by atoms with E-state index in [1.807, 2.05) is 42.5 Å². The molecule has 0 bridgehead atoms. The summed E-state index contributed by atoms with van der Waals surface area (Å²) in [6.07, 6.45) is 8.19. The van der Waals surface area contributed by atoms with Gasteiger partial charge in [-0.15, -0.1) is 0 Å². The van der Waals surface area contributed by atoms with Crippen molar-refractivity contribution >= 4 is 23.0 Å². The number of aliphatic imine (C=N–C) groups is 2. The fourth-order valence-electron chi connectivity index (χ4n) is 4.93. The Morgan fingerprint density at radius 2 is 1.79 bits per heavy atom. The lowest BCUT2D eigenvalue weighted by atomic mass is 9.93. The molecule has 2 aromatic carbocycles. The van der Waals surface area contributed by atoms with Crippen molar-refractivity contribution in [2.24, 2.45) is 15.9 Å². The van der Waals surface area contributed by atoms with Crippen LogP contribution in [0.25, 0.3) is 22.2 Å². The van der Waals surface area contributed by atoms with Gasteiger partial charge in [0.1, 0.15) is 5.70 Å². The van der Waals surface area contributed by atoms with E-state index in [1.165, 1.54) is 0 Å². The van der Waals surface area contributed by atoms with E-state index in [2.05, 4.69) is 28.5 Å². The number of nitrogens with zero attached hydrogens (tertiary/aromatic N) is 4. The van der Waals surface area contributed by atoms with E-state index in [1.54, 1.807) is 18.6 Å². The number of fused-ring (bicyclic) bond motifs is 2. The van der Waals surface area contributed by atoms with Gasteiger partial charge in [-0.2, -0.15) is 10.2 Å². The van der Waals surface area contributed by atoms with Crippen LogP contribution in [0.1, 0.15) is 24.8 Å². The van der Waals surface area contributed by atoms with Gasteiger partial charge in [-0.3, -0.25) is 4.99 Å². The van der Waals surface area contributed by atoms with Gasteiger partial charge in [-0.05, 0) is 56.5 Å². The van der Waals surface area contributed by atoms with Crippen LogP contribution >= 0.6 is 0 Å². The van der Waals surface area contributed by atoms with Crippen LogP contribution in [-0.4, -0.2) is 40.0 Å². The van der Waals surface area contributed by atoms with Crippen molar-refractivity contribution in [1.29, 1.82) is 0 Å². The molecule has 164 valence electrons. The molecule has 6 heteroatoms. The number of hydrogen-bond acceptors (Lipinski definition) is 5. The zero-order chi connectivity index (χ0) is 22.3. The van der Waals surface area contributed by atoms with Crippen LogP contribution in [0.3, 0.4) is 0 Å². The second kappa shape index (κ2) is 8.15. The molecule has 4 heterocycles. The zero-order valence-electron chi connectivity index (χ0n) is 18.4. The Kier molecular flexibility index (Phi) is 4.99. The topological polar surface area (TPSA) is 69.9 Å². The first kappa shape index (κ1) is 20.2. The van der Waals surface area contributed by atoms with Gasteiger partial charge in [0.05, 0.1) is 29.2 Å². The van der Waals surface area contributed by atoms with Gasteiger partial charge < -0.3 is 5.32 Å². The molecule has 33 heavy (non-hydrogen) atoms. The molecule has 2 N–H and O–H groups in total. The highest BCUT2D eigenvalue weighted by molar-refractivity contribution is 6.02. The van der Waals surface area contributed by atoms with Gasteiger partial charge in [-0.25, -0.2) is 4.98 Å². The maximum absolute atomic E-state index is 11.7. The van der Waals surface area contributed by atoms with E-state index in [0.717, 1.165) is 71.5 Å². The lowest BCUT2D eigenvalue weighted by Crippen LogP contribution is -2.43. The van der Waals surface area contributed by atoms with Gasteiger partial charge in [0.15, 0.2) is 6.20 Å². The number of nitrogens with one attached hydrogen (secondary N) is 1. The minimum atomic E-state index is -0.437. The summed E-state index contributed by atoms with van der Waals surface area (Å²) in [4.78, 5) is 14.2. The molecule has 1 atom stereocenters. The Labute approximate surface area is 192 Å². The quantitative estimate of drug-likeness (QED) is 0.564. The van der Waals surface area contributed by atoms with E-state index in [0.29, 0.717) is 11.8 Å². The average molecular weight is 437 g/mol. The number of pyridine rings is 1. The Hall–Kier alpha value is -3.45. The van der Waals surface area contributed by atoms with Gasteiger partial charge >= 0.3 is 0 Å². The summed E-state index contributed by atoms with van der Waals surface area (Å²) in [5.41, 5.74) is 5.43. The highest BCUT2D eigenvalue weighted by atomic mass is 16.5. The van der Waals surface area contributed by atoms with Crippen LogP contribution in [0.15, 0.2) is 94.4 Å². The van der Waals surface area contributed by atoms with E-state index < -0.39 is 4.65 Å². The number of hydrogen-bond donors (Lipinski definition) is 2. The molecule has 1 saturated heterocycles. The largest absolute Gasteiger partial charge is 0.317 e. The molecule has 1 fully saturated rings. The summed E-state index contributed by atoms with van der Waals surface area (Å²) in [6.45, 7) is 2.08. The predicted octanol–water partition coefficient (Wildman–Crippen LogP) is 5.02. The SMILES string of the molecule is O[N+]12C=CN=CC1=C(CC1CCNCC1)N=C2c1ccc2ccc(-c3ccccc3)nc2c1. The van der Waals surface area contributed by atoms with E-state index in [-0.39, 0.29) is 0 Å². The van der Waals surface area contributed by atoms with Crippen LogP contribution in [-0.2, 0) is 0 Å². The number of aromatic nitrogens is 1. The number of piperidine rings is 1. The van der Waals surface area contributed by atoms with Crippen LogP contribution in [0.2, 0.25) is 0 Å². The number of amidine groups is 1. The maximum atomic E-state index is 11.7. The van der Waals surface area contributed by atoms with Gasteiger partial charge in [0.25, 0.3) is 5.84 Å². The van der Waals surface area contributed by atoms with Gasteiger partial charge in [-0.1, -0.05) is 47.1 Å². The number of rotatable bonds is 4. The molecule has 1 aromatic heterocycles. The molecule has 3 aliphatic heterocycles. The van der Waals surface area contributed by atoms with Crippen molar-refractivity contribution in [2.45, 2.75) is 19.3 Å². The third kappa shape index (κ3) is 3.62. The van der Waals surface area contributed by atoms with Crippen molar-refractivity contribution in [1.82, 2.24) is 10.3 Å². The smallest absolute Gasteiger partial charge is 0.278 e. The van der Waals surface area contributed by atoms with Crippen LogP contribution < -0.4 is 5.32 Å². The molecule has 6 rings (SSSR count). The molecule has 0 spiro atoms. The van der Waals surface area contributed by atoms with Crippen LogP contribution in [0.5, 0.6) is 0 Å². The molecule has 0 saturated carbocycles. The molecule has 3 aromatic rings. The molecule has 1 unspecified atom stereocenters. The minimum Gasteiger partial charge on any atom is -0.317 e. The van der Waals surface area contributed by atoms with Crippen molar-refractivity contribution in [3.8, 4) is 11.3 Å². The second-order valence-electron chi connectivity index (χ2n) is 8.90. The Balaban J connectivity index is 1.40. The Morgan fingerprint density at radius 1 is 0.970 bits per heavy atom.